The zero-order valence-electron chi connectivity index (χ0n) is 12.4. The van der Waals surface area contributed by atoms with E-state index in [2.05, 4.69) is 0 Å². The molecule has 0 spiro atoms. The van der Waals surface area contributed by atoms with E-state index < -0.39 is 27.2 Å². The normalized spacial score (nSPS) is 28.7. The third-order valence-corrected chi connectivity index (χ3v) is 6.86. The summed E-state index contributed by atoms with van der Waals surface area (Å²) in [5.41, 5.74) is 0. The molecule has 21 heavy (non-hydrogen) atoms. The monoisotopic (exact) mass is 320 g/mol. The standard InChI is InChI=1S/C13H24N2O5S/c1-20-13(17)11-3-2-4-12(11)21(18,19)15-7-5-14(6-8-15)9-10-16/h11-12,16H,2-10H2,1H3. The first-order chi connectivity index (χ1) is 10.0. The van der Waals surface area contributed by atoms with Gasteiger partial charge in [0, 0.05) is 32.7 Å². The minimum absolute atomic E-state index is 0.0831. The molecule has 1 saturated carbocycles. The van der Waals surface area contributed by atoms with E-state index >= 15 is 0 Å². The van der Waals surface area contributed by atoms with Gasteiger partial charge in [-0.25, -0.2) is 8.42 Å². The van der Waals surface area contributed by atoms with E-state index in [4.69, 9.17) is 9.84 Å². The van der Waals surface area contributed by atoms with E-state index in [1.54, 1.807) is 0 Å². The molecular formula is C13H24N2O5S. The highest BCUT2D eigenvalue weighted by Crippen LogP contribution is 2.34. The summed E-state index contributed by atoms with van der Waals surface area (Å²) in [5, 5.41) is 8.27. The summed E-state index contributed by atoms with van der Waals surface area (Å²) in [7, 11) is -2.16. The number of hydrogen-bond acceptors (Lipinski definition) is 6. The van der Waals surface area contributed by atoms with E-state index in [0.29, 0.717) is 45.6 Å². The molecule has 1 saturated heterocycles. The number of hydrogen-bond donors (Lipinski definition) is 1. The van der Waals surface area contributed by atoms with Gasteiger partial charge in [-0.1, -0.05) is 6.42 Å². The van der Waals surface area contributed by atoms with Crippen LogP contribution in [0.5, 0.6) is 0 Å². The molecule has 0 aromatic rings. The molecule has 0 bridgehead atoms. The third kappa shape index (κ3) is 3.56. The first kappa shape index (κ1) is 16.7. The largest absolute Gasteiger partial charge is 0.469 e. The molecule has 2 rings (SSSR count). The van der Waals surface area contributed by atoms with Crippen LogP contribution in [0.15, 0.2) is 0 Å². The molecule has 1 N–H and O–H groups in total. The zero-order chi connectivity index (χ0) is 15.5. The molecule has 2 atom stereocenters. The van der Waals surface area contributed by atoms with Gasteiger partial charge in [0.25, 0.3) is 0 Å². The fourth-order valence-corrected chi connectivity index (χ4v) is 5.43. The Balaban J connectivity index is 2.03. The van der Waals surface area contributed by atoms with Gasteiger partial charge in [-0.2, -0.15) is 4.31 Å². The maximum atomic E-state index is 12.7. The van der Waals surface area contributed by atoms with Crippen LogP contribution in [0.1, 0.15) is 19.3 Å². The van der Waals surface area contributed by atoms with Crippen molar-refractivity contribution in [3.63, 3.8) is 0 Å². The van der Waals surface area contributed by atoms with Crippen molar-refractivity contribution in [1.29, 1.82) is 0 Å². The van der Waals surface area contributed by atoms with E-state index in [9.17, 15) is 13.2 Å². The molecule has 2 fully saturated rings. The van der Waals surface area contributed by atoms with Crippen molar-refractivity contribution in [1.82, 2.24) is 9.21 Å². The van der Waals surface area contributed by atoms with Crippen LogP contribution in [-0.2, 0) is 19.6 Å². The Hall–Kier alpha value is -0.700. The Morgan fingerprint density at radius 1 is 1.24 bits per heavy atom. The number of aliphatic hydroxyl groups excluding tert-OH is 1. The minimum Gasteiger partial charge on any atom is -0.469 e. The number of β-amino-alcohol motifs (C(OH)–C–C–N with tert-alkyl or cyclic N) is 1. The number of methoxy groups -OCH3 is 1. The summed E-state index contributed by atoms with van der Waals surface area (Å²) in [6.45, 7) is 2.74. The Morgan fingerprint density at radius 2 is 1.90 bits per heavy atom. The molecule has 0 aromatic carbocycles. The zero-order valence-corrected chi connectivity index (χ0v) is 13.2. The van der Waals surface area contributed by atoms with Crippen LogP contribution in [0.4, 0.5) is 0 Å². The fourth-order valence-electron chi connectivity index (χ4n) is 3.24. The molecule has 1 aliphatic carbocycles. The van der Waals surface area contributed by atoms with E-state index in [1.807, 2.05) is 4.90 Å². The van der Waals surface area contributed by atoms with Gasteiger partial charge < -0.3 is 9.84 Å². The maximum Gasteiger partial charge on any atom is 0.310 e. The number of carbonyl (C=O) groups excluding carboxylic acids is 1. The van der Waals surface area contributed by atoms with Crippen LogP contribution in [0.3, 0.4) is 0 Å². The molecule has 0 aromatic heterocycles. The van der Waals surface area contributed by atoms with Gasteiger partial charge in [-0.3, -0.25) is 9.69 Å². The first-order valence-corrected chi connectivity index (χ1v) is 8.91. The number of esters is 1. The van der Waals surface area contributed by atoms with Gasteiger partial charge in [0.2, 0.25) is 10.0 Å². The Kier molecular flexibility index (Phi) is 5.59. The first-order valence-electron chi connectivity index (χ1n) is 7.40. The SMILES string of the molecule is COC(=O)C1CCCC1S(=O)(=O)N1CCN(CCO)CC1. The third-order valence-electron chi connectivity index (χ3n) is 4.45. The maximum absolute atomic E-state index is 12.7. The van der Waals surface area contributed by atoms with Gasteiger partial charge in [0.15, 0.2) is 0 Å². The average Bonchev–Trinajstić information content (AvgIpc) is 2.97. The summed E-state index contributed by atoms with van der Waals surface area (Å²) in [6.07, 6.45) is 1.86. The van der Waals surface area contributed by atoms with Crippen molar-refractivity contribution in [2.75, 3.05) is 46.4 Å². The molecule has 1 aliphatic heterocycles. The highest BCUT2D eigenvalue weighted by molar-refractivity contribution is 7.89. The lowest BCUT2D eigenvalue weighted by molar-refractivity contribution is -0.145. The summed E-state index contributed by atoms with van der Waals surface area (Å²) in [4.78, 5) is 13.8. The number of nitrogens with zero attached hydrogens (tertiary/aromatic N) is 2. The molecule has 2 aliphatic rings. The second-order valence-corrected chi connectivity index (χ2v) is 7.76. The predicted molar refractivity (Wildman–Crippen MR) is 77.2 cm³/mol. The Bertz CT molecular complexity index is 459. The number of carbonyl (C=O) groups is 1. The Labute approximate surface area is 125 Å². The van der Waals surface area contributed by atoms with Crippen molar-refractivity contribution in [2.45, 2.75) is 24.5 Å². The second kappa shape index (κ2) is 7.04. The van der Waals surface area contributed by atoms with Crippen LogP contribution < -0.4 is 0 Å². The molecular weight excluding hydrogens is 296 g/mol. The molecule has 0 amide bonds. The number of sulfonamides is 1. The highest BCUT2D eigenvalue weighted by Gasteiger charge is 2.45. The summed E-state index contributed by atoms with van der Waals surface area (Å²) >= 11 is 0. The van der Waals surface area contributed by atoms with Crippen molar-refractivity contribution in [3.8, 4) is 0 Å². The summed E-state index contributed by atoms with van der Waals surface area (Å²) in [5.74, 6) is -0.949. The molecule has 8 heteroatoms. The molecule has 0 radical (unpaired) electrons. The van der Waals surface area contributed by atoms with Crippen molar-refractivity contribution in [3.05, 3.63) is 0 Å². The lowest BCUT2D eigenvalue weighted by Gasteiger charge is -2.35. The molecule has 2 unspecified atom stereocenters. The van der Waals surface area contributed by atoms with E-state index in [-0.39, 0.29) is 6.61 Å². The van der Waals surface area contributed by atoms with Crippen LogP contribution in [-0.4, -0.2) is 80.4 Å². The van der Waals surface area contributed by atoms with Gasteiger partial charge >= 0.3 is 5.97 Å². The van der Waals surface area contributed by atoms with Crippen LogP contribution in [0.25, 0.3) is 0 Å². The van der Waals surface area contributed by atoms with E-state index in [0.717, 1.165) is 6.42 Å². The van der Waals surface area contributed by atoms with Crippen LogP contribution >= 0.6 is 0 Å². The number of aliphatic hydroxyl groups is 1. The smallest absolute Gasteiger partial charge is 0.310 e. The van der Waals surface area contributed by atoms with Gasteiger partial charge in [-0.05, 0) is 12.8 Å². The Morgan fingerprint density at radius 3 is 2.48 bits per heavy atom. The number of rotatable bonds is 5. The topological polar surface area (TPSA) is 87.2 Å². The van der Waals surface area contributed by atoms with Crippen molar-refractivity contribution >= 4 is 16.0 Å². The van der Waals surface area contributed by atoms with Crippen LogP contribution in [0.2, 0.25) is 0 Å². The lowest BCUT2D eigenvalue weighted by Crippen LogP contribution is -2.52. The fraction of sp³-hybridized carbons (Fsp3) is 0.923. The average molecular weight is 320 g/mol. The van der Waals surface area contributed by atoms with Gasteiger partial charge in [0.1, 0.15) is 0 Å². The molecule has 1 heterocycles. The summed E-state index contributed by atoms with van der Waals surface area (Å²) < 4.78 is 31.7. The number of ether oxygens (including phenoxy) is 1. The molecule has 7 nitrogen and oxygen atoms in total. The van der Waals surface area contributed by atoms with Gasteiger partial charge in [0.05, 0.1) is 24.9 Å². The molecule has 122 valence electrons. The van der Waals surface area contributed by atoms with E-state index in [1.165, 1.54) is 11.4 Å². The van der Waals surface area contributed by atoms with Crippen LogP contribution in [0, 0.1) is 5.92 Å². The second-order valence-electron chi connectivity index (χ2n) is 5.61. The lowest BCUT2D eigenvalue weighted by atomic mass is 10.1. The summed E-state index contributed by atoms with van der Waals surface area (Å²) in [6, 6.07) is 0. The van der Waals surface area contributed by atoms with Crippen molar-refractivity contribution < 1.29 is 23.1 Å². The van der Waals surface area contributed by atoms with Crippen molar-refractivity contribution in [2.24, 2.45) is 5.92 Å². The quantitative estimate of drug-likeness (QED) is 0.672. The number of piperazine rings is 1. The van der Waals surface area contributed by atoms with Gasteiger partial charge in [-0.15, -0.1) is 0 Å². The predicted octanol–water partition coefficient (Wildman–Crippen LogP) is -0.732. The minimum atomic E-state index is -3.46. The highest BCUT2D eigenvalue weighted by atomic mass is 32.2.